The predicted molar refractivity (Wildman–Crippen MR) is 119 cm³/mol. The van der Waals surface area contributed by atoms with Crippen molar-refractivity contribution in [3.8, 4) is 0 Å². The summed E-state index contributed by atoms with van der Waals surface area (Å²) in [6, 6.07) is 0. The normalized spacial score (nSPS) is 10.7. The Morgan fingerprint density at radius 3 is 1.84 bits per heavy atom. The lowest BCUT2D eigenvalue weighted by atomic mass is 10.2. The first-order valence-corrected chi connectivity index (χ1v) is 10.2. The van der Waals surface area contributed by atoms with E-state index in [0.29, 0.717) is 34.7 Å². The number of aryl methyl sites for hydroxylation is 2. The molecule has 0 fully saturated rings. The van der Waals surface area contributed by atoms with E-state index in [2.05, 4.69) is 36.7 Å². The zero-order chi connectivity index (χ0) is 23.4. The Hall–Kier alpha value is -3.31. The molecule has 4 aromatic rings. The Bertz CT molecular complexity index is 1200. The molecule has 0 atom stereocenters. The largest absolute Gasteiger partial charge is 0.492 e. The van der Waals surface area contributed by atoms with Crippen LogP contribution in [0.4, 0.5) is 0 Å². The van der Waals surface area contributed by atoms with Crippen LogP contribution < -0.4 is 0 Å². The van der Waals surface area contributed by atoms with E-state index >= 15 is 0 Å². The molecule has 4 aromatic heterocycles. The van der Waals surface area contributed by atoms with Crippen LogP contribution in [0.3, 0.4) is 0 Å². The van der Waals surface area contributed by atoms with Gasteiger partial charge in [-0.05, 0) is 37.0 Å². The molecular weight excluding hydrogens is 459 g/mol. The van der Waals surface area contributed by atoms with Gasteiger partial charge in [0.2, 0.25) is 10.6 Å². The second-order valence-corrected chi connectivity index (χ2v) is 6.95. The first-order chi connectivity index (χ1) is 15.3. The molecule has 13 heteroatoms. The molecule has 0 amide bonds. The van der Waals surface area contributed by atoms with Crippen LogP contribution in [0.5, 0.6) is 0 Å². The van der Waals surface area contributed by atoms with Crippen molar-refractivity contribution in [3.05, 3.63) is 40.9 Å². The number of halogens is 2. The highest BCUT2D eigenvalue weighted by Crippen LogP contribution is 2.23. The van der Waals surface area contributed by atoms with E-state index in [0.717, 1.165) is 5.39 Å². The molecule has 168 valence electrons. The number of carbonyl (C=O) groups excluding carboxylic acids is 1. The summed E-state index contributed by atoms with van der Waals surface area (Å²) < 4.78 is 13.3. The maximum atomic E-state index is 11.6. The number of fused-ring (bicyclic) bond motifs is 2. The van der Waals surface area contributed by atoms with E-state index < -0.39 is 5.97 Å². The van der Waals surface area contributed by atoms with Gasteiger partial charge in [0.05, 0.1) is 36.4 Å². The highest BCUT2D eigenvalue weighted by molar-refractivity contribution is 6.29. The van der Waals surface area contributed by atoms with Crippen molar-refractivity contribution in [2.75, 3.05) is 13.2 Å². The lowest BCUT2D eigenvalue weighted by Gasteiger charge is -2.07. The van der Waals surface area contributed by atoms with Crippen molar-refractivity contribution in [1.29, 1.82) is 0 Å². The van der Waals surface area contributed by atoms with E-state index in [-0.39, 0.29) is 22.9 Å². The van der Waals surface area contributed by atoms with Crippen molar-refractivity contribution >= 4 is 57.0 Å². The predicted octanol–water partition coefficient (Wildman–Crippen LogP) is 3.22. The standard InChI is InChI=1S/C10H11ClN4O.C9H9ClN4O2/c1-4-16-6(2)8-7-5-12-15(3)9(7)14-10(11)13-8;1-3-16-8(15)6-5-4-11-14(2)7(5)13-9(10)12-6/h5H,2,4H2,1,3H3;4H,3H2,1-2H3. The fourth-order valence-corrected chi connectivity index (χ4v) is 3.13. The second-order valence-electron chi connectivity index (χ2n) is 6.27. The lowest BCUT2D eigenvalue weighted by Crippen LogP contribution is -2.08. The van der Waals surface area contributed by atoms with E-state index in [1.165, 1.54) is 10.9 Å². The summed E-state index contributed by atoms with van der Waals surface area (Å²) in [6.07, 6.45) is 3.18. The number of aromatic nitrogens is 8. The molecule has 0 aliphatic carbocycles. The Balaban J connectivity index is 0.000000181. The molecular formula is C19H20Cl2N8O3. The molecule has 0 N–H and O–H groups in total. The molecule has 0 bridgehead atoms. The Morgan fingerprint density at radius 1 is 0.875 bits per heavy atom. The lowest BCUT2D eigenvalue weighted by molar-refractivity contribution is 0.0522. The van der Waals surface area contributed by atoms with Crippen LogP contribution >= 0.6 is 23.2 Å². The number of nitrogens with zero attached hydrogens (tertiary/aromatic N) is 8. The average Bonchev–Trinajstić information content (AvgIpc) is 3.31. The third-order valence-corrected chi connectivity index (χ3v) is 4.52. The molecule has 0 unspecified atom stereocenters. The van der Waals surface area contributed by atoms with E-state index in [4.69, 9.17) is 32.7 Å². The second kappa shape index (κ2) is 9.88. The van der Waals surface area contributed by atoms with Gasteiger partial charge in [-0.2, -0.15) is 20.2 Å². The van der Waals surface area contributed by atoms with Crippen molar-refractivity contribution in [2.24, 2.45) is 14.1 Å². The smallest absolute Gasteiger partial charge is 0.357 e. The monoisotopic (exact) mass is 478 g/mol. The van der Waals surface area contributed by atoms with Gasteiger partial charge in [-0.25, -0.2) is 14.8 Å². The van der Waals surface area contributed by atoms with Gasteiger partial charge in [-0.1, -0.05) is 6.58 Å². The molecule has 0 aliphatic heterocycles. The van der Waals surface area contributed by atoms with Crippen molar-refractivity contribution < 1.29 is 14.3 Å². The summed E-state index contributed by atoms with van der Waals surface area (Å²) >= 11 is 11.6. The van der Waals surface area contributed by atoms with Crippen LogP contribution in [-0.2, 0) is 23.6 Å². The van der Waals surface area contributed by atoms with Gasteiger partial charge in [0.1, 0.15) is 11.5 Å². The third-order valence-electron chi connectivity index (χ3n) is 4.18. The molecule has 11 nitrogen and oxygen atoms in total. The van der Waals surface area contributed by atoms with Crippen molar-refractivity contribution in [1.82, 2.24) is 39.5 Å². The molecule has 0 saturated heterocycles. The minimum Gasteiger partial charge on any atom is -0.492 e. The molecule has 4 heterocycles. The van der Waals surface area contributed by atoms with Gasteiger partial charge < -0.3 is 9.47 Å². The highest BCUT2D eigenvalue weighted by Gasteiger charge is 2.18. The molecule has 32 heavy (non-hydrogen) atoms. The molecule has 0 radical (unpaired) electrons. The van der Waals surface area contributed by atoms with E-state index in [9.17, 15) is 4.79 Å². The van der Waals surface area contributed by atoms with Crippen molar-refractivity contribution in [2.45, 2.75) is 13.8 Å². The van der Waals surface area contributed by atoms with E-state index in [1.54, 1.807) is 31.9 Å². The number of hydrogen-bond donors (Lipinski definition) is 0. The maximum Gasteiger partial charge on any atom is 0.357 e. The van der Waals surface area contributed by atoms with Gasteiger partial charge in [0, 0.05) is 14.1 Å². The van der Waals surface area contributed by atoms with Gasteiger partial charge in [-0.3, -0.25) is 9.36 Å². The first kappa shape index (κ1) is 23.4. The number of esters is 1. The Kier molecular flexibility index (Phi) is 7.21. The number of ether oxygens (including phenoxy) is 2. The summed E-state index contributed by atoms with van der Waals surface area (Å²) in [4.78, 5) is 27.7. The third kappa shape index (κ3) is 4.78. The van der Waals surface area contributed by atoms with Gasteiger partial charge >= 0.3 is 5.97 Å². The van der Waals surface area contributed by atoms with Crippen LogP contribution in [-0.4, -0.2) is 58.7 Å². The van der Waals surface area contributed by atoms with Crippen LogP contribution in [0.1, 0.15) is 30.0 Å². The average molecular weight is 479 g/mol. The van der Waals surface area contributed by atoms with Crippen LogP contribution in [0.25, 0.3) is 27.8 Å². The minimum absolute atomic E-state index is 0.000784. The quantitative estimate of drug-likeness (QED) is 0.241. The SMILES string of the molecule is C=C(OCC)c1nc(Cl)nc2c1cnn2C.CCOC(=O)c1nc(Cl)nc2c1cnn2C. The zero-order valence-corrected chi connectivity index (χ0v) is 19.3. The molecule has 0 aromatic carbocycles. The molecule has 0 saturated carbocycles. The van der Waals surface area contributed by atoms with Crippen LogP contribution in [0.15, 0.2) is 19.0 Å². The Morgan fingerprint density at radius 2 is 1.34 bits per heavy atom. The summed E-state index contributed by atoms with van der Waals surface area (Å²) in [5, 5.41) is 9.56. The molecule has 0 aliphatic rings. The fraction of sp³-hybridized carbons (Fsp3) is 0.316. The summed E-state index contributed by atoms with van der Waals surface area (Å²) in [7, 11) is 3.50. The Labute approximate surface area is 193 Å². The van der Waals surface area contributed by atoms with Crippen molar-refractivity contribution in [3.63, 3.8) is 0 Å². The highest BCUT2D eigenvalue weighted by atomic mass is 35.5. The number of rotatable bonds is 5. The molecule has 0 spiro atoms. The van der Waals surface area contributed by atoms with Gasteiger partial charge in [-0.15, -0.1) is 0 Å². The fourth-order valence-electron chi connectivity index (χ4n) is 2.80. The topological polar surface area (TPSA) is 123 Å². The van der Waals surface area contributed by atoms with Gasteiger partial charge in [0.25, 0.3) is 0 Å². The van der Waals surface area contributed by atoms with E-state index in [1.807, 2.05) is 6.92 Å². The van der Waals surface area contributed by atoms with Crippen LogP contribution in [0.2, 0.25) is 10.6 Å². The summed E-state index contributed by atoms with van der Waals surface area (Å²) in [5.41, 5.74) is 1.90. The number of hydrogen-bond acceptors (Lipinski definition) is 9. The maximum absolute atomic E-state index is 11.6. The van der Waals surface area contributed by atoms with Crippen LogP contribution in [0, 0.1) is 0 Å². The summed E-state index contributed by atoms with van der Waals surface area (Å²) in [6.45, 7) is 8.22. The van der Waals surface area contributed by atoms with Gasteiger partial charge in [0.15, 0.2) is 17.0 Å². The first-order valence-electron chi connectivity index (χ1n) is 9.46. The number of carbonyl (C=O) groups is 1. The summed E-state index contributed by atoms with van der Waals surface area (Å²) in [5.74, 6) is -0.0467. The minimum atomic E-state index is -0.523. The molecule has 4 rings (SSSR count). The zero-order valence-electron chi connectivity index (χ0n) is 17.8.